The van der Waals surface area contributed by atoms with Gasteiger partial charge >= 0.3 is 18.3 Å². The van der Waals surface area contributed by atoms with Crippen molar-refractivity contribution in [3.05, 3.63) is 35.9 Å². The molecule has 1 aromatic rings. The first-order valence-electron chi connectivity index (χ1n) is 15.7. The summed E-state index contributed by atoms with van der Waals surface area (Å²) in [7, 11) is 0. The zero-order valence-electron chi connectivity index (χ0n) is 28.1. The molecule has 0 saturated carbocycles. The van der Waals surface area contributed by atoms with Crippen molar-refractivity contribution in [2.75, 3.05) is 32.8 Å². The first-order chi connectivity index (χ1) is 20.9. The largest absolute Gasteiger partial charge is 0.445 e. The van der Waals surface area contributed by atoms with Gasteiger partial charge in [-0.3, -0.25) is 4.79 Å². The van der Waals surface area contributed by atoms with Crippen molar-refractivity contribution in [2.45, 2.75) is 117 Å². The second-order valence-corrected chi connectivity index (χ2v) is 13.9. The van der Waals surface area contributed by atoms with E-state index in [4.69, 9.17) is 23.7 Å². The maximum Gasteiger partial charge on any atom is 0.417 e. The molecule has 2 fully saturated rings. The Morgan fingerprint density at radius 2 is 1.44 bits per heavy atom. The van der Waals surface area contributed by atoms with Crippen LogP contribution in [0.5, 0.6) is 0 Å². The molecular weight excluding hydrogens is 582 g/mol. The van der Waals surface area contributed by atoms with E-state index in [9.17, 15) is 19.2 Å². The van der Waals surface area contributed by atoms with Crippen LogP contribution in [0.25, 0.3) is 0 Å². The van der Waals surface area contributed by atoms with Crippen molar-refractivity contribution in [1.82, 2.24) is 14.7 Å². The van der Waals surface area contributed by atoms with Crippen LogP contribution in [0.15, 0.2) is 30.3 Å². The van der Waals surface area contributed by atoms with Gasteiger partial charge in [-0.25, -0.2) is 19.3 Å². The van der Waals surface area contributed by atoms with Gasteiger partial charge in [0.05, 0.1) is 19.1 Å². The molecule has 0 aromatic heterocycles. The average molecular weight is 634 g/mol. The number of carbonyl (C=O) groups excluding carboxylic acids is 4. The summed E-state index contributed by atoms with van der Waals surface area (Å²) in [6, 6.07) is 8.51. The molecule has 1 unspecified atom stereocenters. The summed E-state index contributed by atoms with van der Waals surface area (Å²) >= 11 is 0. The van der Waals surface area contributed by atoms with Gasteiger partial charge in [0.2, 0.25) is 5.91 Å². The first-order valence-corrected chi connectivity index (χ1v) is 15.7. The number of hydrogen-bond acceptors (Lipinski definition) is 9. The van der Waals surface area contributed by atoms with Crippen molar-refractivity contribution in [3.63, 3.8) is 0 Å². The molecule has 0 bridgehead atoms. The number of nitrogens with zero attached hydrogens (tertiary/aromatic N) is 3. The van der Waals surface area contributed by atoms with Crippen molar-refractivity contribution in [2.24, 2.45) is 0 Å². The number of amides is 4. The van der Waals surface area contributed by atoms with Gasteiger partial charge in [-0.1, -0.05) is 30.3 Å². The molecule has 12 heteroatoms. The zero-order valence-corrected chi connectivity index (χ0v) is 28.1. The molecule has 252 valence electrons. The van der Waals surface area contributed by atoms with Crippen LogP contribution in [0.2, 0.25) is 0 Å². The van der Waals surface area contributed by atoms with E-state index in [1.807, 2.05) is 30.3 Å². The van der Waals surface area contributed by atoms with Crippen molar-refractivity contribution >= 4 is 24.2 Å². The van der Waals surface area contributed by atoms with Crippen LogP contribution in [0.3, 0.4) is 0 Å². The van der Waals surface area contributed by atoms with E-state index in [-0.39, 0.29) is 39.3 Å². The molecule has 3 rings (SSSR count). The van der Waals surface area contributed by atoms with Gasteiger partial charge in [-0.15, -0.1) is 0 Å². The van der Waals surface area contributed by atoms with Gasteiger partial charge in [0.15, 0.2) is 5.79 Å². The number of benzene rings is 1. The maximum atomic E-state index is 14.0. The van der Waals surface area contributed by atoms with E-state index < -0.39 is 53.3 Å². The summed E-state index contributed by atoms with van der Waals surface area (Å²) in [5.74, 6) is -1.46. The summed E-state index contributed by atoms with van der Waals surface area (Å²) in [6.07, 6.45) is -1.39. The van der Waals surface area contributed by atoms with E-state index >= 15 is 0 Å². The van der Waals surface area contributed by atoms with Crippen molar-refractivity contribution in [1.29, 1.82) is 0 Å². The van der Waals surface area contributed by atoms with Crippen LogP contribution in [-0.4, -0.2) is 101 Å². The standard InChI is InChI=1S/C33H51N3O9/c1-31(2,3)44-28(38)34-17-12-13-19-35(29(39)41-22-24-15-10-9-11-16-24)25(26-23-42-33(7,8)43-26)21-27(37)36(20-14-18-34)30(40)45-32(4,5)6/h9-11,15-16,25-26H,12-14,17-23H2,1-8H3/t25?,26-/m0/s1. The molecule has 2 atom stereocenters. The third-order valence-corrected chi connectivity index (χ3v) is 7.14. The number of imide groups is 1. The minimum absolute atomic E-state index is 0.00569. The lowest BCUT2D eigenvalue weighted by Crippen LogP contribution is -2.52. The van der Waals surface area contributed by atoms with Crippen LogP contribution in [-0.2, 0) is 35.1 Å². The number of ether oxygens (including phenoxy) is 5. The van der Waals surface area contributed by atoms with Crippen LogP contribution < -0.4 is 0 Å². The second kappa shape index (κ2) is 15.3. The highest BCUT2D eigenvalue weighted by molar-refractivity contribution is 5.92. The lowest BCUT2D eigenvalue weighted by atomic mass is 10.0. The molecule has 2 heterocycles. The Morgan fingerprint density at radius 1 is 0.844 bits per heavy atom. The molecule has 0 radical (unpaired) electrons. The normalized spacial score (nSPS) is 22.1. The van der Waals surface area contributed by atoms with Gasteiger partial charge in [0.25, 0.3) is 0 Å². The topological polar surface area (TPSA) is 124 Å². The Morgan fingerprint density at radius 3 is 2.04 bits per heavy atom. The third-order valence-electron chi connectivity index (χ3n) is 7.14. The van der Waals surface area contributed by atoms with Crippen molar-refractivity contribution < 1.29 is 42.9 Å². The molecule has 4 amide bonds. The Labute approximate surface area is 267 Å². The molecule has 12 nitrogen and oxygen atoms in total. The smallest absolute Gasteiger partial charge is 0.417 e. The summed E-state index contributed by atoms with van der Waals surface area (Å²) in [5.41, 5.74) is -0.726. The summed E-state index contributed by atoms with van der Waals surface area (Å²) in [4.78, 5) is 58.2. The molecule has 45 heavy (non-hydrogen) atoms. The number of carbonyl (C=O) groups is 4. The lowest BCUT2D eigenvalue weighted by molar-refractivity contribution is -0.150. The molecule has 2 aliphatic heterocycles. The number of hydrogen-bond donors (Lipinski definition) is 0. The minimum Gasteiger partial charge on any atom is -0.445 e. The minimum atomic E-state index is -0.923. The highest BCUT2D eigenvalue weighted by Crippen LogP contribution is 2.29. The van der Waals surface area contributed by atoms with E-state index in [1.165, 1.54) is 4.90 Å². The van der Waals surface area contributed by atoms with Gasteiger partial charge < -0.3 is 33.5 Å². The van der Waals surface area contributed by atoms with E-state index in [1.54, 1.807) is 60.3 Å². The maximum absolute atomic E-state index is 14.0. The number of rotatable bonds is 3. The van der Waals surface area contributed by atoms with E-state index in [0.29, 0.717) is 25.8 Å². The third kappa shape index (κ3) is 11.8. The molecular formula is C33H51N3O9. The highest BCUT2D eigenvalue weighted by atomic mass is 16.7. The first kappa shape index (κ1) is 36.1. The second-order valence-electron chi connectivity index (χ2n) is 13.9. The predicted octanol–water partition coefficient (Wildman–Crippen LogP) is 5.72. The molecule has 0 spiro atoms. The van der Waals surface area contributed by atoms with Crippen LogP contribution in [0.4, 0.5) is 14.4 Å². The Bertz CT molecular complexity index is 1160. The molecule has 1 aromatic carbocycles. The summed E-state index contributed by atoms with van der Waals surface area (Å²) < 4.78 is 29.0. The summed E-state index contributed by atoms with van der Waals surface area (Å²) in [5, 5.41) is 0. The fourth-order valence-corrected chi connectivity index (χ4v) is 5.09. The van der Waals surface area contributed by atoms with Gasteiger partial charge in [-0.05, 0) is 80.2 Å². The van der Waals surface area contributed by atoms with Gasteiger partial charge in [-0.2, -0.15) is 0 Å². The molecule has 2 saturated heterocycles. The Balaban J connectivity index is 1.95. The predicted molar refractivity (Wildman–Crippen MR) is 166 cm³/mol. The van der Waals surface area contributed by atoms with Crippen LogP contribution in [0, 0.1) is 0 Å². The average Bonchev–Trinajstić information content (AvgIpc) is 3.29. The van der Waals surface area contributed by atoms with Gasteiger partial charge in [0.1, 0.15) is 23.9 Å². The van der Waals surface area contributed by atoms with E-state index in [2.05, 4.69) is 0 Å². The highest BCUT2D eigenvalue weighted by Gasteiger charge is 2.44. The monoisotopic (exact) mass is 633 g/mol. The summed E-state index contributed by atoms with van der Waals surface area (Å²) in [6.45, 7) is 15.1. The molecule has 0 N–H and O–H groups in total. The fourth-order valence-electron chi connectivity index (χ4n) is 5.09. The quantitative estimate of drug-likeness (QED) is 0.385. The van der Waals surface area contributed by atoms with Gasteiger partial charge in [0, 0.05) is 26.2 Å². The lowest BCUT2D eigenvalue weighted by Gasteiger charge is -2.35. The SMILES string of the molecule is CC(C)(C)OC(=O)N1CCCCN(C(=O)OCc2ccccc2)C([C@@H]2COC(C)(C)O2)CC(=O)N(C(=O)OC(C)(C)C)CCC1. The Hall–Kier alpha value is -3.38. The van der Waals surface area contributed by atoms with E-state index in [0.717, 1.165) is 10.5 Å². The Kier molecular flexibility index (Phi) is 12.2. The zero-order chi connectivity index (χ0) is 33.4. The van der Waals surface area contributed by atoms with Crippen LogP contribution in [0.1, 0.15) is 86.6 Å². The van der Waals surface area contributed by atoms with Crippen LogP contribution >= 0.6 is 0 Å². The van der Waals surface area contributed by atoms with Crippen molar-refractivity contribution in [3.8, 4) is 0 Å². The molecule has 2 aliphatic rings. The molecule has 0 aliphatic carbocycles. The fraction of sp³-hybridized carbons (Fsp3) is 0.697.